The molecular formula is C49H42BN3Si. The fourth-order valence-electron chi connectivity index (χ4n) is 10.4. The van der Waals surface area contributed by atoms with Gasteiger partial charge >= 0.3 is 0 Å². The van der Waals surface area contributed by atoms with Gasteiger partial charge in [-0.3, -0.25) is 0 Å². The van der Waals surface area contributed by atoms with Gasteiger partial charge in [0.25, 0.3) is 6.71 Å². The van der Waals surface area contributed by atoms with Crippen LogP contribution in [0.4, 0.5) is 51.2 Å². The van der Waals surface area contributed by atoms with Crippen LogP contribution in [0.25, 0.3) is 0 Å². The van der Waals surface area contributed by atoms with Crippen molar-refractivity contribution in [2.75, 3.05) is 14.7 Å². The number of hydrogen-bond acceptors (Lipinski definition) is 3. The number of benzene rings is 7. The Morgan fingerprint density at radius 1 is 0.407 bits per heavy atom. The van der Waals surface area contributed by atoms with Gasteiger partial charge in [0.1, 0.15) is 8.07 Å². The van der Waals surface area contributed by atoms with Gasteiger partial charge in [-0.1, -0.05) is 127 Å². The maximum absolute atomic E-state index is 2.63. The fraction of sp³-hybridized carbons (Fsp3) is 0.143. The van der Waals surface area contributed by atoms with Crippen molar-refractivity contribution in [1.82, 2.24) is 0 Å². The minimum absolute atomic E-state index is 0.0977. The standard InChI is InChI=1S/C49H42BN3Si/c1-34-24-26-43-47(30-34)54(28-14-5-15-29-54)48-31-35(2)25-27-44(48)53(43)38-32-45-49-46(33-38)52(37-18-8-4-9-19-37)42-23-13-11-21-40(42)50(49)39-20-10-12-22-41(39)51(45)36-16-6-3-7-17-36/h3-4,6-13,16-27,30-33H,5,14-15,28-29H2,1-2H3. The summed E-state index contributed by atoms with van der Waals surface area (Å²) in [4.78, 5) is 7.69. The van der Waals surface area contributed by atoms with E-state index >= 15 is 0 Å². The number of fused-ring (bicyclic) bond motifs is 8. The van der Waals surface area contributed by atoms with Gasteiger partial charge < -0.3 is 14.7 Å². The van der Waals surface area contributed by atoms with Gasteiger partial charge in [-0.2, -0.15) is 0 Å². The minimum atomic E-state index is -1.99. The molecule has 0 N–H and O–H groups in total. The Kier molecular flexibility index (Phi) is 7.12. The van der Waals surface area contributed by atoms with E-state index in [1.807, 2.05) is 0 Å². The molecule has 11 rings (SSSR count). The Morgan fingerprint density at radius 3 is 1.35 bits per heavy atom. The van der Waals surface area contributed by atoms with E-state index in [1.165, 1.54) is 110 Å². The predicted molar refractivity (Wildman–Crippen MR) is 233 cm³/mol. The van der Waals surface area contributed by atoms with E-state index in [2.05, 4.69) is 186 Å². The largest absolute Gasteiger partial charge is 0.311 e. The normalized spacial score (nSPS) is 16.0. The molecule has 4 heterocycles. The Hall–Kier alpha value is -5.78. The number of para-hydroxylation sites is 4. The average Bonchev–Trinajstić information content (AvgIpc) is 3.22. The smallest absolute Gasteiger partial charge is 0.252 e. The van der Waals surface area contributed by atoms with Crippen LogP contribution in [0.5, 0.6) is 0 Å². The first-order chi connectivity index (χ1) is 26.6. The lowest BCUT2D eigenvalue weighted by Crippen LogP contribution is -2.63. The highest BCUT2D eigenvalue weighted by molar-refractivity contribution is 7.04. The van der Waals surface area contributed by atoms with E-state index in [1.54, 1.807) is 10.4 Å². The molecule has 260 valence electrons. The molecular weight excluding hydrogens is 669 g/mol. The van der Waals surface area contributed by atoms with Crippen molar-refractivity contribution in [3.05, 3.63) is 169 Å². The van der Waals surface area contributed by atoms with Crippen LogP contribution in [0, 0.1) is 13.8 Å². The second-order valence-corrected chi connectivity index (χ2v) is 20.1. The van der Waals surface area contributed by atoms with Crippen LogP contribution in [0.3, 0.4) is 0 Å². The third kappa shape index (κ3) is 4.54. The van der Waals surface area contributed by atoms with Crippen LogP contribution in [-0.4, -0.2) is 14.8 Å². The maximum atomic E-state index is 2.63. The Morgan fingerprint density at radius 2 is 0.852 bits per heavy atom. The summed E-state index contributed by atoms with van der Waals surface area (Å²) < 4.78 is 0. The van der Waals surface area contributed by atoms with Gasteiger partial charge in [-0.05, 0) is 113 Å². The third-order valence-corrected chi connectivity index (χ3v) is 18.0. The number of rotatable bonds is 3. The molecule has 0 unspecified atom stereocenters. The fourth-order valence-corrected chi connectivity index (χ4v) is 16.1. The van der Waals surface area contributed by atoms with Crippen molar-refractivity contribution in [2.45, 2.75) is 45.2 Å². The van der Waals surface area contributed by atoms with E-state index in [0.29, 0.717) is 0 Å². The van der Waals surface area contributed by atoms with Crippen molar-refractivity contribution in [2.24, 2.45) is 0 Å². The summed E-state index contributed by atoms with van der Waals surface area (Å²) in [6.07, 6.45) is 4.01. The number of nitrogens with zero attached hydrogens (tertiary/aromatic N) is 3. The summed E-state index contributed by atoms with van der Waals surface area (Å²) >= 11 is 0. The summed E-state index contributed by atoms with van der Waals surface area (Å²) in [6.45, 7) is 4.67. The molecule has 0 saturated carbocycles. The van der Waals surface area contributed by atoms with Crippen molar-refractivity contribution in [3.63, 3.8) is 0 Å². The molecule has 1 spiro atoms. The van der Waals surface area contributed by atoms with E-state index in [4.69, 9.17) is 0 Å². The zero-order valence-electron chi connectivity index (χ0n) is 31.0. The van der Waals surface area contributed by atoms with Crippen LogP contribution in [0.2, 0.25) is 12.1 Å². The molecule has 0 amide bonds. The molecule has 0 aromatic heterocycles. The van der Waals surface area contributed by atoms with Crippen molar-refractivity contribution in [3.8, 4) is 0 Å². The molecule has 3 nitrogen and oxygen atoms in total. The molecule has 0 aliphatic carbocycles. The minimum Gasteiger partial charge on any atom is -0.311 e. The Bertz CT molecular complexity index is 2430. The maximum Gasteiger partial charge on any atom is 0.252 e. The van der Waals surface area contributed by atoms with Gasteiger partial charge in [0, 0.05) is 45.5 Å². The number of aryl methyl sites for hydroxylation is 2. The van der Waals surface area contributed by atoms with E-state index in [9.17, 15) is 0 Å². The molecule has 1 saturated heterocycles. The van der Waals surface area contributed by atoms with Crippen LogP contribution < -0.4 is 41.5 Å². The molecule has 0 atom stereocenters. The highest BCUT2D eigenvalue weighted by Gasteiger charge is 2.48. The second-order valence-electron chi connectivity index (χ2n) is 15.8. The summed E-state index contributed by atoms with van der Waals surface area (Å²) in [6, 6.07) is 62.5. The molecule has 54 heavy (non-hydrogen) atoms. The predicted octanol–water partition coefficient (Wildman–Crippen LogP) is 9.92. The average molecular weight is 712 g/mol. The van der Waals surface area contributed by atoms with Gasteiger partial charge in [-0.15, -0.1) is 0 Å². The first-order valence-electron chi connectivity index (χ1n) is 19.7. The molecule has 0 radical (unpaired) electrons. The quantitative estimate of drug-likeness (QED) is 0.169. The molecule has 5 heteroatoms. The van der Waals surface area contributed by atoms with E-state index < -0.39 is 8.07 Å². The first-order valence-corrected chi connectivity index (χ1v) is 22.1. The Labute approximate surface area is 320 Å². The molecule has 0 bridgehead atoms. The number of hydrogen-bond donors (Lipinski definition) is 0. The lowest BCUT2D eigenvalue weighted by Gasteiger charge is -2.48. The van der Waals surface area contributed by atoms with Crippen LogP contribution in [0.1, 0.15) is 30.4 Å². The van der Waals surface area contributed by atoms with Gasteiger partial charge in [0.2, 0.25) is 0 Å². The third-order valence-electron chi connectivity index (χ3n) is 12.7. The summed E-state index contributed by atoms with van der Waals surface area (Å²) in [7, 11) is -1.99. The zero-order valence-corrected chi connectivity index (χ0v) is 32.0. The Balaban J connectivity index is 1.25. The van der Waals surface area contributed by atoms with Crippen LogP contribution >= 0.6 is 0 Å². The highest BCUT2D eigenvalue weighted by Crippen LogP contribution is 2.49. The monoisotopic (exact) mass is 711 g/mol. The highest BCUT2D eigenvalue weighted by atomic mass is 28.3. The van der Waals surface area contributed by atoms with E-state index in [0.717, 1.165) is 0 Å². The summed E-state index contributed by atoms with van der Waals surface area (Å²) in [5.74, 6) is 0. The van der Waals surface area contributed by atoms with E-state index in [-0.39, 0.29) is 6.71 Å². The van der Waals surface area contributed by atoms with Gasteiger partial charge in [0.15, 0.2) is 0 Å². The van der Waals surface area contributed by atoms with Gasteiger partial charge in [0.05, 0.1) is 5.69 Å². The summed E-state index contributed by atoms with van der Waals surface area (Å²) in [5.41, 5.74) is 18.0. The van der Waals surface area contributed by atoms with Crippen LogP contribution in [0.15, 0.2) is 158 Å². The summed E-state index contributed by atoms with van der Waals surface area (Å²) in [5, 5.41) is 3.25. The van der Waals surface area contributed by atoms with Crippen molar-refractivity contribution in [1.29, 1.82) is 0 Å². The molecule has 4 aliphatic heterocycles. The SMILES string of the molecule is Cc1ccc2c(c1)[Si]1(CCCCC1)c1cc(C)ccc1N2c1cc2c3c(c1)N(c1ccccc1)c1ccccc1B3c1ccccc1N2c1ccccc1. The molecule has 4 aliphatic rings. The molecule has 1 fully saturated rings. The van der Waals surface area contributed by atoms with Gasteiger partial charge in [-0.25, -0.2) is 0 Å². The molecule has 7 aromatic carbocycles. The lowest BCUT2D eigenvalue weighted by atomic mass is 9.33. The zero-order chi connectivity index (χ0) is 36.0. The molecule has 7 aromatic rings. The second kappa shape index (κ2) is 12.1. The lowest BCUT2D eigenvalue weighted by molar-refractivity contribution is 0.720. The number of anilines is 9. The van der Waals surface area contributed by atoms with Crippen molar-refractivity contribution >= 4 is 92.7 Å². The van der Waals surface area contributed by atoms with Crippen molar-refractivity contribution < 1.29 is 0 Å². The topological polar surface area (TPSA) is 9.72 Å². The van der Waals surface area contributed by atoms with Crippen LogP contribution in [-0.2, 0) is 0 Å². The first kappa shape index (κ1) is 31.7.